The van der Waals surface area contributed by atoms with E-state index in [9.17, 15) is 4.21 Å². The molecule has 0 aliphatic carbocycles. The van der Waals surface area contributed by atoms with Crippen LogP contribution in [0.2, 0.25) is 0 Å². The summed E-state index contributed by atoms with van der Waals surface area (Å²) in [6.45, 7) is 9.59. The zero-order valence-electron chi connectivity index (χ0n) is 10.0. The SMILES string of the molecule is CCCS(=O)CC(NCC)C(C)CC. The molecule has 0 saturated heterocycles. The van der Waals surface area contributed by atoms with E-state index in [1.54, 1.807) is 0 Å². The Morgan fingerprint density at radius 3 is 2.36 bits per heavy atom. The van der Waals surface area contributed by atoms with Crippen molar-refractivity contribution in [3.63, 3.8) is 0 Å². The summed E-state index contributed by atoms with van der Waals surface area (Å²) in [7, 11) is -0.636. The Labute approximate surface area is 91.3 Å². The van der Waals surface area contributed by atoms with Crippen LogP contribution in [0.5, 0.6) is 0 Å². The minimum atomic E-state index is -0.636. The Hall–Kier alpha value is 0.110. The van der Waals surface area contributed by atoms with Gasteiger partial charge in [0, 0.05) is 28.3 Å². The van der Waals surface area contributed by atoms with Crippen molar-refractivity contribution in [3.05, 3.63) is 0 Å². The molecule has 0 aromatic rings. The highest BCUT2D eigenvalue weighted by molar-refractivity contribution is 7.85. The summed E-state index contributed by atoms with van der Waals surface area (Å²) in [4.78, 5) is 0. The number of rotatable bonds is 8. The molecule has 0 bridgehead atoms. The van der Waals surface area contributed by atoms with Crippen LogP contribution < -0.4 is 5.32 Å². The lowest BCUT2D eigenvalue weighted by Gasteiger charge is -2.23. The van der Waals surface area contributed by atoms with E-state index in [4.69, 9.17) is 0 Å². The van der Waals surface area contributed by atoms with Crippen LogP contribution in [0, 0.1) is 5.92 Å². The van der Waals surface area contributed by atoms with Crippen molar-refractivity contribution in [2.45, 2.75) is 46.6 Å². The Bertz CT molecular complexity index is 161. The molecule has 0 aromatic heterocycles. The highest BCUT2D eigenvalue weighted by Crippen LogP contribution is 2.09. The van der Waals surface area contributed by atoms with Crippen molar-refractivity contribution >= 4 is 10.8 Å². The van der Waals surface area contributed by atoms with Gasteiger partial charge in [-0.3, -0.25) is 4.21 Å². The van der Waals surface area contributed by atoms with Gasteiger partial charge in [-0.2, -0.15) is 0 Å². The summed E-state index contributed by atoms with van der Waals surface area (Å²) in [5.74, 6) is 2.28. The van der Waals surface area contributed by atoms with E-state index in [1.807, 2.05) is 0 Å². The van der Waals surface area contributed by atoms with Crippen LogP contribution in [0.4, 0.5) is 0 Å². The van der Waals surface area contributed by atoms with Crippen LogP contribution in [0.3, 0.4) is 0 Å². The van der Waals surface area contributed by atoms with E-state index in [0.29, 0.717) is 12.0 Å². The van der Waals surface area contributed by atoms with Crippen molar-refractivity contribution in [1.82, 2.24) is 5.32 Å². The average molecular weight is 219 g/mol. The zero-order valence-corrected chi connectivity index (χ0v) is 10.8. The maximum Gasteiger partial charge on any atom is 0.0391 e. The van der Waals surface area contributed by atoms with E-state index in [2.05, 4.69) is 33.0 Å². The van der Waals surface area contributed by atoms with Gasteiger partial charge in [0.05, 0.1) is 0 Å². The van der Waals surface area contributed by atoms with E-state index in [0.717, 1.165) is 30.9 Å². The molecule has 3 unspecified atom stereocenters. The van der Waals surface area contributed by atoms with Crippen molar-refractivity contribution in [2.75, 3.05) is 18.1 Å². The molecule has 0 rings (SSSR count). The fourth-order valence-electron chi connectivity index (χ4n) is 1.48. The second-order valence-corrected chi connectivity index (χ2v) is 5.48. The second kappa shape index (κ2) is 8.42. The van der Waals surface area contributed by atoms with Gasteiger partial charge in [0.15, 0.2) is 0 Å². The fourth-order valence-corrected chi connectivity index (χ4v) is 2.95. The quantitative estimate of drug-likeness (QED) is 0.678. The minimum absolute atomic E-state index is 0.428. The van der Waals surface area contributed by atoms with Crippen molar-refractivity contribution in [1.29, 1.82) is 0 Å². The highest BCUT2D eigenvalue weighted by atomic mass is 32.2. The molecular formula is C11H25NOS. The Kier molecular flexibility index (Phi) is 8.49. The summed E-state index contributed by atoms with van der Waals surface area (Å²) < 4.78 is 11.6. The predicted molar refractivity (Wildman–Crippen MR) is 65.1 cm³/mol. The molecule has 2 nitrogen and oxygen atoms in total. The fraction of sp³-hybridized carbons (Fsp3) is 1.00. The predicted octanol–water partition coefficient (Wildman–Crippen LogP) is 2.17. The van der Waals surface area contributed by atoms with Crippen molar-refractivity contribution in [3.8, 4) is 0 Å². The summed E-state index contributed by atoms with van der Waals surface area (Å²) in [5, 5.41) is 3.43. The summed E-state index contributed by atoms with van der Waals surface area (Å²) in [6, 6.07) is 0.428. The molecular weight excluding hydrogens is 194 g/mol. The smallest absolute Gasteiger partial charge is 0.0391 e. The third kappa shape index (κ3) is 5.76. The van der Waals surface area contributed by atoms with Crippen LogP contribution in [0.1, 0.15) is 40.5 Å². The molecule has 0 amide bonds. The van der Waals surface area contributed by atoms with Gasteiger partial charge in [0.1, 0.15) is 0 Å². The number of hydrogen-bond donors (Lipinski definition) is 1. The standard InChI is InChI=1S/C11H25NOS/c1-5-8-14(13)9-11(12-7-3)10(4)6-2/h10-12H,5-9H2,1-4H3. The zero-order chi connectivity index (χ0) is 11.0. The van der Waals surface area contributed by atoms with Gasteiger partial charge >= 0.3 is 0 Å². The highest BCUT2D eigenvalue weighted by Gasteiger charge is 2.16. The molecule has 0 radical (unpaired) electrons. The molecule has 1 N–H and O–H groups in total. The monoisotopic (exact) mass is 219 g/mol. The molecule has 0 heterocycles. The summed E-state index contributed by atoms with van der Waals surface area (Å²) in [6.07, 6.45) is 2.17. The lowest BCUT2D eigenvalue weighted by molar-refractivity contribution is 0.401. The maximum absolute atomic E-state index is 11.6. The van der Waals surface area contributed by atoms with E-state index in [1.165, 1.54) is 0 Å². The molecule has 3 heteroatoms. The Balaban J connectivity index is 4.01. The molecule has 0 aliphatic rings. The van der Waals surface area contributed by atoms with Crippen molar-refractivity contribution < 1.29 is 4.21 Å². The summed E-state index contributed by atoms with van der Waals surface area (Å²) >= 11 is 0. The average Bonchev–Trinajstić information content (AvgIpc) is 2.16. The normalized spacial score (nSPS) is 17.7. The lowest BCUT2D eigenvalue weighted by atomic mass is 10.0. The molecule has 14 heavy (non-hydrogen) atoms. The second-order valence-electron chi connectivity index (χ2n) is 3.86. The number of nitrogens with one attached hydrogen (secondary N) is 1. The lowest BCUT2D eigenvalue weighted by Crippen LogP contribution is -2.39. The largest absolute Gasteiger partial charge is 0.313 e. The maximum atomic E-state index is 11.6. The number of hydrogen-bond acceptors (Lipinski definition) is 2. The Morgan fingerprint density at radius 2 is 1.93 bits per heavy atom. The molecule has 3 atom stereocenters. The van der Waals surface area contributed by atoms with Gasteiger partial charge in [-0.05, 0) is 18.9 Å². The van der Waals surface area contributed by atoms with Crippen LogP contribution in [0.15, 0.2) is 0 Å². The third-order valence-corrected chi connectivity index (χ3v) is 4.19. The molecule has 0 spiro atoms. The molecule has 0 saturated carbocycles. The molecule has 0 fully saturated rings. The Morgan fingerprint density at radius 1 is 1.29 bits per heavy atom. The van der Waals surface area contributed by atoms with Gasteiger partial charge in [0.25, 0.3) is 0 Å². The van der Waals surface area contributed by atoms with E-state index < -0.39 is 10.8 Å². The molecule has 0 aliphatic heterocycles. The molecule has 0 aromatic carbocycles. The van der Waals surface area contributed by atoms with Gasteiger partial charge in [-0.1, -0.05) is 34.1 Å². The van der Waals surface area contributed by atoms with Crippen LogP contribution in [-0.2, 0) is 10.8 Å². The third-order valence-electron chi connectivity index (χ3n) is 2.59. The van der Waals surface area contributed by atoms with Gasteiger partial charge in [0.2, 0.25) is 0 Å². The van der Waals surface area contributed by atoms with E-state index >= 15 is 0 Å². The van der Waals surface area contributed by atoms with Crippen LogP contribution in [0.25, 0.3) is 0 Å². The molecule has 86 valence electrons. The van der Waals surface area contributed by atoms with Gasteiger partial charge in [-0.15, -0.1) is 0 Å². The first kappa shape index (κ1) is 14.1. The van der Waals surface area contributed by atoms with Crippen molar-refractivity contribution in [2.24, 2.45) is 5.92 Å². The topological polar surface area (TPSA) is 29.1 Å². The minimum Gasteiger partial charge on any atom is -0.313 e. The van der Waals surface area contributed by atoms with Gasteiger partial charge in [-0.25, -0.2) is 0 Å². The van der Waals surface area contributed by atoms with Gasteiger partial charge < -0.3 is 5.32 Å². The van der Waals surface area contributed by atoms with Crippen LogP contribution in [-0.4, -0.2) is 28.3 Å². The van der Waals surface area contributed by atoms with E-state index in [-0.39, 0.29) is 0 Å². The van der Waals surface area contributed by atoms with Crippen LogP contribution >= 0.6 is 0 Å². The first-order chi connectivity index (χ1) is 6.65. The summed E-state index contributed by atoms with van der Waals surface area (Å²) in [5.41, 5.74) is 0. The first-order valence-corrected chi connectivity index (χ1v) is 7.22. The first-order valence-electron chi connectivity index (χ1n) is 5.73.